The summed E-state index contributed by atoms with van der Waals surface area (Å²) in [5, 5.41) is 2.55. The first-order chi connectivity index (χ1) is 12.3. The molecular formula is C20H17ClN2O3. The fourth-order valence-electron chi connectivity index (χ4n) is 2.96. The van der Waals surface area contributed by atoms with Gasteiger partial charge in [-0.15, -0.1) is 0 Å². The molecule has 3 amide bonds. The standard InChI is InChI=1S/C20H17ClN2O3/c1-11-4-9-16(12(2)10-11)17-18(21)20(26)23(19(17)25)15-7-5-14(6-8-15)22-13(3)24/h4-10H,1-3H3,(H,22,24). The molecule has 0 saturated heterocycles. The number of carbonyl (C=O) groups is 3. The Bertz CT molecular complexity index is 962. The van der Waals surface area contributed by atoms with Crippen molar-refractivity contribution in [1.29, 1.82) is 0 Å². The molecule has 1 heterocycles. The van der Waals surface area contributed by atoms with Crippen molar-refractivity contribution in [3.05, 3.63) is 64.2 Å². The minimum absolute atomic E-state index is 0.0899. The molecule has 5 nitrogen and oxygen atoms in total. The van der Waals surface area contributed by atoms with Gasteiger partial charge in [-0.2, -0.15) is 0 Å². The fraction of sp³-hybridized carbons (Fsp3) is 0.150. The number of halogens is 1. The highest BCUT2D eigenvalue weighted by molar-refractivity contribution is 6.60. The highest BCUT2D eigenvalue weighted by Crippen LogP contribution is 2.36. The third-order valence-electron chi connectivity index (χ3n) is 4.12. The van der Waals surface area contributed by atoms with Gasteiger partial charge >= 0.3 is 0 Å². The lowest BCUT2D eigenvalue weighted by Gasteiger charge is -2.16. The summed E-state index contributed by atoms with van der Waals surface area (Å²) >= 11 is 6.23. The van der Waals surface area contributed by atoms with Crippen LogP contribution >= 0.6 is 11.6 Å². The number of imide groups is 1. The lowest BCUT2D eigenvalue weighted by atomic mass is 9.99. The predicted octanol–water partition coefficient (Wildman–Crippen LogP) is 3.79. The molecule has 0 aromatic heterocycles. The Balaban J connectivity index is 1.97. The van der Waals surface area contributed by atoms with Gasteiger partial charge in [-0.05, 0) is 49.2 Å². The van der Waals surface area contributed by atoms with Crippen LogP contribution in [0.25, 0.3) is 5.57 Å². The van der Waals surface area contributed by atoms with Gasteiger partial charge in [-0.25, -0.2) is 4.90 Å². The van der Waals surface area contributed by atoms with Gasteiger partial charge in [0.2, 0.25) is 5.91 Å². The third-order valence-corrected chi connectivity index (χ3v) is 4.48. The van der Waals surface area contributed by atoms with Crippen molar-refractivity contribution in [2.45, 2.75) is 20.8 Å². The van der Waals surface area contributed by atoms with Crippen molar-refractivity contribution in [3.8, 4) is 0 Å². The topological polar surface area (TPSA) is 66.5 Å². The zero-order valence-corrected chi connectivity index (χ0v) is 15.3. The average molecular weight is 369 g/mol. The van der Waals surface area contributed by atoms with Gasteiger partial charge in [-0.1, -0.05) is 35.4 Å². The van der Waals surface area contributed by atoms with E-state index in [0.29, 0.717) is 16.9 Å². The van der Waals surface area contributed by atoms with E-state index in [0.717, 1.165) is 16.0 Å². The van der Waals surface area contributed by atoms with Gasteiger partial charge in [-0.3, -0.25) is 14.4 Å². The van der Waals surface area contributed by atoms with Gasteiger partial charge in [0.25, 0.3) is 11.8 Å². The summed E-state index contributed by atoms with van der Waals surface area (Å²) in [6.07, 6.45) is 0. The van der Waals surface area contributed by atoms with Crippen LogP contribution in [0, 0.1) is 13.8 Å². The van der Waals surface area contributed by atoms with Crippen molar-refractivity contribution in [2.75, 3.05) is 10.2 Å². The van der Waals surface area contributed by atoms with Crippen LogP contribution in [0.1, 0.15) is 23.6 Å². The number of aryl methyl sites for hydroxylation is 2. The summed E-state index contributed by atoms with van der Waals surface area (Å²) in [5.74, 6) is -1.22. The molecule has 3 rings (SSSR count). The molecule has 6 heteroatoms. The molecule has 1 aliphatic rings. The van der Waals surface area contributed by atoms with Gasteiger partial charge in [0.05, 0.1) is 11.3 Å². The Morgan fingerprint density at radius 2 is 1.65 bits per heavy atom. The van der Waals surface area contributed by atoms with Crippen LogP contribution < -0.4 is 10.2 Å². The number of anilines is 2. The van der Waals surface area contributed by atoms with Crippen molar-refractivity contribution in [2.24, 2.45) is 0 Å². The summed E-state index contributed by atoms with van der Waals surface area (Å²) in [5.41, 5.74) is 3.77. The SMILES string of the molecule is CC(=O)Nc1ccc(N2C(=O)C(Cl)=C(c3ccc(C)cc3C)C2=O)cc1. The summed E-state index contributed by atoms with van der Waals surface area (Å²) in [4.78, 5) is 37.7. The van der Waals surface area contributed by atoms with Crippen LogP contribution in [-0.4, -0.2) is 17.7 Å². The second kappa shape index (κ2) is 6.77. The first kappa shape index (κ1) is 17.9. The van der Waals surface area contributed by atoms with E-state index in [1.54, 1.807) is 30.3 Å². The number of rotatable bonds is 3. The highest BCUT2D eigenvalue weighted by atomic mass is 35.5. The molecule has 2 aromatic carbocycles. The molecule has 0 radical (unpaired) electrons. The molecule has 0 saturated carbocycles. The molecule has 0 fully saturated rings. The normalized spacial score (nSPS) is 14.2. The lowest BCUT2D eigenvalue weighted by Crippen LogP contribution is -2.31. The molecule has 2 aromatic rings. The molecule has 0 atom stereocenters. The molecule has 0 bridgehead atoms. The molecule has 26 heavy (non-hydrogen) atoms. The van der Waals surface area contributed by atoms with E-state index < -0.39 is 11.8 Å². The zero-order chi connectivity index (χ0) is 19.0. The maximum absolute atomic E-state index is 12.9. The molecule has 132 valence electrons. The largest absolute Gasteiger partial charge is 0.326 e. The van der Waals surface area contributed by atoms with Crippen LogP contribution in [0.3, 0.4) is 0 Å². The summed E-state index contributed by atoms with van der Waals surface area (Å²) in [7, 11) is 0. The molecule has 0 aliphatic carbocycles. The molecule has 0 unspecified atom stereocenters. The van der Waals surface area contributed by atoms with Crippen LogP contribution in [0.5, 0.6) is 0 Å². The van der Waals surface area contributed by atoms with Crippen LogP contribution in [0.15, 0.2) is 47.5 Å². The second-order valence-electron chi connectivity index (χ2n) is 6.18. The Hall–Kier alpha value is -2.92. The number of hydrogen-bond donors (Lipinski definition) is 1. The first-order valence-electron chi connectivity index (χ1n) is 8.03. The van der Waals surface area contributed by atoms with E-state index in [-0.39, 0.29) is 16.5 Å². The Morgan fingerprint density at radius 3 is 2.23 bits per heavy atom. The van der Waals surface area contributed by atoms with Crippen molar-refractivity contribution in [3.63, 3.8) is 0 Å². The van der Waals surface area contributed by atoms with E-state index in [2.05, 4.69) is 5.32 Å². The van der Waals surface area contributed by atoms with E-state index in [1.165, 1.54) is 6.92 Å². The van der Waals surface area contributed by atoms with Crippen LogP contribution in [0.4, 0.5) is 11.4 Å². The monoisotopic (exact) mass is 368 g/mol. The summed E-state index contributed by atoms with van der Waals surface area (Å²) in [6, 6.07) is 12.1. The first-order valence-corrected chi connectivity index (χ1v) is 8.41. The Labute approximate surface area is 156 Å². The summed E-state index contributed by atoms with van der Waals surface area (Å²) in [6.45, 7) is 5.24. The Kier molecular flexibility index (Phi) is 4.66. The molecule has 1 N–H and O–H groups in total. The maximum atomic E-state index is 12.9. The average Bonchev–Trinajstić information content (AvgIpc) is 2.78. The van der Waals surface area contributed by atoms with E-state index >= 15 is 0 Å². The van der Waals surface area contributed by atoms with Gasteiger partial charge in [0, 0.05) is 12.6 Å². The van der Waals surface area contributed by atoms with Crippen LogP contribution in [-0.2, 0) is 14.4 Å². The number of carbonyl (C=O) groups excluding carboxylic acids is 3. The van der Waals surface area contributed by atoms with Gasteiger partial charge in [0.15, 0.2) is 0 Å². The van der Waals surface area contributed by atoms with E-state index in [1.807, 2.05) is 26.0 Å². The minimum Gasteiger partial charge on any atom is -0.326 e. The van der Waals surface area contributed by atoms with Gasteiger partial charge < -0.3 is 5.32 Å². The quantitative estimate of drug-likeness (QED) is 0.838. The van der Waals surface area contributed by atoms with Crippen molar-refractivity contribution >= 4 is 46.3 Å². The highest BCUT2D eigenvalue weighted by Gasteiger charge is 2.39. The third kappa shape index (κ3) is 3.13. The maximum Gasteiger partial charge on any atom is 0.277 e. The smallest absolute Gasteiger partial charge is 0.277 e. The fourth-order valence-corrected chi connectivity index (χ4v) is 3.23. The van der Waals surface area contributed by atoms with E-state index in [4.69, 9.17) is 11.6 Å². The zero-order valence-electron chi connectivity index (χ0n) is 14.6. The van der Waals surface area contributed by atoms with Gasteiger partial charge in [0.1, 0.15) is 5.03 Å². The lowest BCUT2D eigenvalue weighted by molar-refractivity contribution is -0.120. The molecule has 0 spiro atoms. The number of nitrogens with zero attached hydrogens (tertiary/aromatic N) is 1. The summed E-state index contributed by atoms with van der Waals surface area (Å²) < 4.78 is 0. The van der Waals surface area contributed by atoms with E-state index in [9.17, 15) is 14.4 Å². The number of hydrogen-bond acceptors (Lipinski definition) is 3. The second-order valence-corrected chi connectivity index (χ2v) is 6.56. The van der Waals surface area contributed by atoms with Crippen LogP contribution in [0.2, 0.25) is 0 Å². The minimum atomic E-state index is -0.557. The number of benzene rings is 2. The van der Waals surface area contributed by atoms with Crippen molar-refractivity contribution in [1.82, 2.24) is 0 Å². The van der Waals surface area contributed by atoms with Crippen molar-refractivity contribution < 1.29 is 14.4 Å². The number of amides is 3. The Morgan fingerprint density at radius 1 is 1.00 bits per heavy atom. The number of nitrogens with one attached hydrogen (secondary N) is 1. The molecule has 1 aliphatic heterocycles. The predicted molar refractivity (Wildman–Crippen MR) is 102 cm³/mol. The molecular weight excluding hydrogens is 352 g/mol.